The summed E-state index contributed by atoms with van der Waals surface area (Å²) in [6.45, 7) is 6.92. The number of aliphatic hydroxyl groups excluding tert-OH is 1. The Balaban J connectivity index is 1.71. The molecule has 3 N–H and O–H groups in total. The number of benzene rings is 2. The highest BCUT2D eigenvalue weighted by molar-refractivity contribution is 7.91. The van der Waals surface area contributed by atoms with E-state index in [0.717, 1.165) is 36.0 Å². The fraction of sp³-hybridized carbons (Fsp3) is 0.538. The van der Waals surface area contributed by atoms with Crippen LogP contribution in [-0.4, -0.2) is 42.3 Å². The molecular formula is C26H37NO4S. The molecule has 1 saturated heterocycles. The molecule has 1 fully saturated rings. The van der Waals surface area contributed by atoms with Crippen LogP contribution in [0.4, 0.5) is 0 Å². The molecule has 0 radical (unpaired) electrons. The summed E-state index contributed by atoms with van der Waals surface area (Å²) in [6.07, 6.45) is 2.54. The van der Waals surface area contributed by atoms with E-state index in [0.29, 0.717) is 18.9 Å². The van der Waals surface area contributed by atoms with E-state index in [1.165, 1.54) is 5.56 Å². The number of aliphatic hydroxyl groups is 1. The van der Waals surface area contributed by atoms with Gasteiger partial charge in [-0.05, 0) is 53.5 Å². The quantitative estimate of drug-likeness (QED) is 0.528. The molecule has 6 heteroatoms. The van der Waals surface area contributed by atoms with Gasteiger partial charge in [0.25, 0.3) is 0 Å². The molecule has 0 saturated carbocycles. The maximum atomic E-state index is 12.6. The molecular weight excluding hydrogens is 422 g/mol. The van der Waals surface area contributed by atoms with Crippen LogP contribution in [0.2, 0.25) is 0 Å². The first kappa shape index (κ1) is 24.7. The van der Waals surface area contributed by atoms with Crippen molar-refractivity contribution in [2.24, 2.45) is 5.92 Å². The summed E-state index contributed by atoms with van der Waals surface area (Å²) >= 11 is 0. The summed E-state index contributed by atoms with van der Waals surface area (Å²) < 4.78 is 25.3. The van der Waals surface area contributed by atoms with E-state index < -0.39 is 22.0 Å². The van der Waals surface area contributed by atoms with Gasteiger partial charge in [-0.2, -0.15) is 0 Å². The summed E-state index contributed by atoms with van der Waals surface area (Å²) in [5.74, 6) is 0.262. The highest BCUT2D eigenvalue weighted by Crippen LogP contribution is 2.27. The summed E-state index contributed by atoms with van der Waals surface area (Å²) in [5, 5.41) is 24.5. The number of unbranched alkanes of at least 4 members (excludes halogenated alkanes) is 1. The third-order valence-electron chi connectivity index (χ3n) is 6.42. The number of hydrogen-bond donors (Lipinski definition) is 3. The fourth-order valence-corrected chi connectivity index (χ4v) is 6.47. The Labute approximate surface area is 192 Å². The van der Waals surface area contributed by atoms with Gasteiger partial charge < -0.3 is 15.5 Å². The normalized spacial score (nSPS) is 22.8. The number of sulfone groups is 1. The maximum absolute atomic E-state index is 12.6. The van der Waals surface area contributed by atoms with Gasteiger partial charge in [0.05, 0.1) is 17.6 Å². The van der Waals surface area contributed by atoms with E-state index in [1.807, 2.05) is 24.3 Å². The molecule has 0 bridgehead atoms. The standard InChI is InChI=1S/C26H37NO4S/c1-4-5-8-22-12-19(10-11-25(22)28)13-23-16-32(30,31)17-24(26(23)29)27-15-20-7-6-9-21(14-20)18(2)3/h6-7,9-12,14,18,23-24,26-29H,4-5,8,13,15-17H2,1-3H3/t23-,24+,26+/m1/s1. The minimum Gasteiger partial charge on any atom is -0.508 e. The van der Waals surface area contributed by atoms with Crippen molar-refractivity contribution in [3.05, 3.63) is 64.7 Å². The highest BCUT2D eigenvalue weighted by atomic mass is 32.2. The molecule has 0 amide bonds. The lowest BCUT2D eigenvalue weighted by Crippen LogP contribution is -2.54. The predicted octanol–water partition coefficient (Wildman–Crippen LogP) is 3.96. The van der Waals surface area contributed by atoms with E-state index in [-0.39, 0.29) is 23.2 Å². The van der Waals surface area contributed by atoms with Gasteiger partial charge in [-0.15, -0.1) is 0 Å². The number of nitrogens with one attached hydrogen (secondary N) is 1. The van der Waals surface area contributed by atoms with Crippen molar-refractivity contribution in [2.45, 2.75) is 71.1 Å². The van der Waals surface area contributed by atoms with Crippen molar-refractivity contribution >= 4 is 9.84 Å². The molecule has 0 aliphatic carbocycles. The van der Waals surface area contributed by atoms with Crippen LogP contribution in [0, 0.1) is 5.92 Å². The Bertz CT molecular complexity index is 1000. The van der Waals surface area contributed by atoms with Gasteiger partial charge in [0.2, 0.25) is 0 Å². The van der Waals surface area contributed by atoms with Gasteiger partial charge >= 0.3 is 0 Å². The second-order valence-electron chi connectivity index (χ2n) is 9.49. The Morgan fingerprint density at radius 2 is 1.88 bits per heavy atom. The molecule has 2 aromatic rings. The van der Waals surface area contributed by atoms with E-state index in [1.54, 1.807) is 6.07 Å². The van der Waals surface area contributed by atoms with Crippen LogP contribution in [-0.2, 0) is 29.2 Å². The lowest BCUT2D eigenvalue weighted by molar-refractivity contribution is 0.0781. The summed E-state index contributed by atoms with van der Waals surface area (Å²) in [7, 11) is -3.26. The molecule has 0 spiro atoms. The van der Waals surface area contributed by atoms with E-state index >= 15 is 0 Å². The summed E-state index contributed by atoms with van der Waals surface area (Å²) in [5.41, 5.74) is 4.17. The Morgan fingerprint density at radius 3 is 2.59 bits per heavy atom. The molecule has 176 valence electrons. The Morgan fingerprint density at radius 1 is 1.09 bits per heavy atom. The molecule has 1 heterocycles. The summed E-state index contributed by atoms with van der Waals surface area (Å²) in [6, 6.07) is 13.2. The zero-order chi connectivity index (χ0) is 23.3. The van der Waals surface area contributed by atoms with Crippen LogP contribution in [0.25, 0.3) is 0 Å². The molecule has 32 heavy (non-hydrogen) atoms. The lowest BCUT2D eigenvalue weighted by Gasteiger charge is -2.35. The molecule has 2 aromatic carbocycles. The van der Waals surface area contributed by atoms with Gasteiger partial charge in [0, 0.05) is 18.5 Å². The van der Waals surface area contributed by atoms with Crippen LogP contribution in [0.3, 0.4) is 0 Å². The van der Waals surface area contributed by atoms with Crippen LogP contribution in [0.1, 0.15) is 61.8 Å². The molecule has 0 unspecified atom stereocenters. The van der Waals surface area contributed by atoms with Crippen molar-refractivity contribution in [3.8, 4) is 5.75 Å². The number of phenols is 1. The van der Waals surface area contributed by atoms with Crippen molar-refractivity contribution < 1.29 is 18.6 Å². The number of hydrogen-bond acceptors (Lipinski definition) is 5. The largest absolute Gasteiger partial charge is 0.508 e. The van der Waals surface area contributed by atoms with Crippen LogP contribution in [0.5, 0.6) is 5.75 Å². The second kappa shape index (κ2) is 10.8. The first-order chi connectivity index (χ1) is 15.2. The average Bonchev–Trinajstić information content (AvgIpc) is 2.75. The third-order valence-corrected chi connectivity index (χ3v) is 8.23. The van der Waals surface area contributed by atoms with E-state index in [2.05, 4.69) is 38.2 Å². The first-order valence-corrected chi connectivity index (χ1v) is 13.5. The number of aryl methyl sites for hydroxylation is 1. The minimum atomic E-state index is -3.26. The third kappa shape index (κ3) is 6.56. The summed E-state index contributed by atoms with van der Waals surface area (Å²) in [4.78, 5) is 0. The molecule has 0 aromatic heterocycles. The first-order valence-electron chi connectivity index (χ1n) is 11.7. The van der Waals surface area contributed by atoms with E-state index in [9.17, 15) is 18.6 Å². The predicted molar refractivity (Wildman–Crippen MR) is 130 cm³/mol. The lowest BCUT2D eigenvalue weighted by atomic mass is 9.90. The van der Waals surface area contributed by atoms with Gasteiger partial charge in [0.1, 0.15) is 5.75 Å². The molecule has 3 rings (SSSR count). The monoisotopic (exact) mass is 459 g/mol. The maximum Gasteiger partial charge on any atom is 0.152 e. The van der Waals surface area contributed by atoms with Crippen molar-refractivity contribution in [2.75, 3.05) is 11.5 Å². The number of aromatic hydroxyl groups is 1. The molecule has 1 aliphatic heterocycles. The molecule has 5 nitrogen and oxygen atoms in total. The smallest absolute Gasteiger partial charge is 0.152 e. The van der Waals surface area contributed by atoms with Crippen LogP contribution in [0.15, 0.2) is 42.5 Å². The zero-order valence-corrected chi connectivity index (χ0v) is 20.2. The average molecular weight is 460 g/mol. The highest BCUT2D eigenvalue weighted by Gasteiger charge is 2.39. The SMILES string of the molecule is CCCCc1cc(C[C@@H]2CS(=O)(=O)C[C@H](NCc3cccc(C(C)C)c3)[C@H]2O)ccc1O. The minimum absolute atomic E-state index is 0.0135. The number of rotatable bonds is 9. The van der Waals surface area contributed by atoms with Crippen molar-refractivity contribution in [1.82, 2.24) is 5.32 Å². The molecule has 3 atom stereocenters. The Hall–Kier alpha value is -1.89. The van der Waals surface area contributed by atoms with Crippen LogP contribution >= 0.6 is 0 Å². The zero-order valence-electron chi connectivity index (χ0n) is 19.4. The fourth-order valence-electron chi connectivity index (χ4n) is 4.50. The van der Waals surface area contributed by atoms with Gasteiger partial charge in [-0.3, -0.25) is 0 Å². The van der Waals surface area contributed by atoms with Crippen molar-refractivity contribution in [3.63, 3.8) is 0 Å². The van der Waals surface area contributed by atoms with Gasteiger partial charge in [0.15, 0.2) is 9.84 Å². The Kier molecular flexibility index (Phi) is 8.37. The van der Waals surface area contributed by atoms with Crippen molar-refractivity contribution in [1.29, 1.82) is 0 Å². The van der Waals surface area contributed by atoms with Crippen LogP contribution < -0.4 is 5.32 Å². The molecule has 1 aliphatic rings. The van der Waals surface area contributed by atoms with Gasteiger partial charge in [-0.1, -0.05) is 63.6 Å². The second-order valence-corrected chi connectivity index (χ2v) is 11.6. The number of phenolic OH excluding ortho intramolecular Hbond substituents is 1. The topological polar surface area (TPSA) is 86.6 Å². The van der Waals surface area contributed by atoms with E-state index in [4.69, 9.17) is 0 Å². The van der Waals surface area contributed by atoms with Gasteiger partial charge in [-0.25, -0.2) is 8.42 Å².